The van der Waals surface area contributed by atoms with Crippen molar-refractivity contribution < 1.29 is 0 Å². The molecule has 9 nitrogen and oxygen atoms in total. The molecule has 2 aromatic heterocycles. The maximum atomic E-state index is 12.4. The zero-order valence-electron chi connectivity index (χ0n) is 18.3. The second-order valence-electron chi connectivity index (χ2n) is 7.84. The van der Waals surface area contributed by atoms with Crippen LogP contribution in [0.4, 0.5) is 11.4 Å². The van der Waals surface area contributed by atoms with Crippen LogP contribution in [-0.4, -0.2) is 51.8 Å². The zero-order valence-corrected chi connectivity index (χ0v) is 19.1. The first-order chi connectivity index (χ1) is 16.7. The minimum Gasteiger partial charge on any atom is -0.368 e. The van der Waals surface area contributed by atoms with Crippen molar-refractivity contribution in [3.63, 3.8) is 0 Å². The van der Waals surface area contributed by atoms with Crippen LogP contribution in [0.15, 0.2) is 70.5 Å². The van der Waals surface area contributed by atoms with Crippen LogP contribution < -0.4 is 15.4 Å². The molecule has 2 aromatic carbocycles. The third kappa shape index (κ3) is 4.65. The Kier molecular flexibility index (Phi) is 6.27. The lowest BCUT2D eigenvalue weighted by atomic mass is 10.0. The number of nitrogens with zero attached hydrogens (tertiary/aromatic N) is 6. The topological polar surface area (TPSA) is 118 Å². The number of nitrogens with one attached hydrogen (secondary N) is 2. The molecule has 0 saturated carbocycles. The molecule has 5 rings (SSSR count). The van der Waals surface area contributed by atoms with Gasteiger partial charge in [-0.3, -0.25) is 4.79 Å². The van der Waals surface area contributed by atoms with E-state index in [2.05, 4.69) is 77.9 Å². The van der Waals surface area contributed by atoms with Gasteiger partial charge in [0.25, 0.3) is 0 Å². The molecule has 1 saturated heterocycles. The highest BCUT2D eigenvalue weighted by atomic mass is 32.2. The maximum Gasteiger partial charge on any atom is 0.249 e. The molecule has 0 spiro atoms. The number of rotatable bonds is 6. The molecule has 0 amide bonds. The number of para-hydroxylation sites is 1. The summed E-state index contributed by atoms with van der Waals surface area (Å²) in [6.45, 7) is 3.65. The van der Waals surface area contributed by atoms with Gasteiger partial charge in [-0.15, -0.1) is 10.2 Å². The molecular weight excluding hydrogens is 448 g/mol. The molecule has 2 N–H and O–H groups in total. The molecule has 0 atom stereocenters. The van der Waals surface area contributed by atoms with Gasteiger partial charge in [0.1, 0.15) is 6.07 Å². The fourth-order valence-corrected chi connectivity index (χ4v) is 4.96. The summed E-state index contributed by atoms with van der Waals surface area (Å²) >= 11 is 1.30. The van der Waals surface area contributed by atoms with Crippen LogP contribution >= 0.6 is 11.8 Å². The SMILES string of the molecule is N#Cc1c(-c2cccc(N3CCN(c4ccccc4)CC3)c2)cc(=O)[nH]c1SCc1nn[nH]n1. The Bertz CT molecular complexity index is 1360. The normalized spacial score (nSPS) is 13.6. The van der Waals surface area contributed by atoms with E-state index >= 15 is 0 Å². The fourth-order valence-electron chi connectivity index (χ4n) is 4.10. The Hall–Kier alpha value is -4.10. The van der Waals surface area contributed by atoms with Crippen LogP contribution in [0.2, 0.25) is 0 Å². The molecule has 1 aliphatic rings. The maximum absolute atomic E-state index is 12.4. The van der Waals surface area contributed by atoms with Crippen LogP contribution in [-0.2, 0) is 5.75 Å². The number of nitriles is 1. The lowest BCUT2D eigenvalue weighted by Gasteiger charge is -2.37. The van der Waals surface area contributed by atoms with Gasteiger partial charge < -0.3 is 14.8 Å². The van der Waals surface area contributed by atoms with Crippen molar-refractivity contribution in [1.29, 1.82) is 5.26 Å². The van der Waals surface area contributed by atoms with Crippen LogP contribution in [0.5, 0.6) is 0 Å². The third-order valence-electron chi connectivity index (χ3n) is 5.78. The van der Waals surface area contributed by atoms with Gasteiger partial charge in [-0.05, 0) is 29.8 Å². The predicted molar refractivity (Wildman–Crippen MR) is 132 cm³/mol. The number of anilines is 2. The molecular formula is C24H22N8OS. The first-order valence-electron chi connectivity index (χ1n) is 10.9. The molecule has 10 heteroatoms. The Morgan fingerprint density at radius 2 is 1.71 bits per heavy atom. The molecule has 3 heterocycles. The molecule has 170 valence electrons. The molecule has 0 unspecified atom stereocenters. The van der Waals surface area contributed by atoms with Gasteiger partial charge in [-0.25, -0.2) is 0 Å². The standard InChI is InChI=1S/C24H22N8OS/c25-15-21-20(14-23(33)26-24(21)34-16-22-27-29-30-28-22)17-5-4-8-19(13-17)32-11-9-31(10-12-32)18-6-2-1-3-7-18/h1-8,13-14H,9-12,16H2,(H,26,33)(H,27,28,29,30). The Labute approximate surface area is 200 Å². The highest BCUT2D eigenvalue weighted by Gasteiger charge is 2.19. The Balaban J connectivity index is 1.38. The van der Waals surface area contributed by atoms with Crippen molar-refractivity contribution in [3.8, 4) is 17.2 Å². The molecule has 0 radical (unpaired) electrons. The monoisotopic (exact) mass is 470 g/mol. The summed E-state index contributed by atoms with van der Waals surface area (Å²) in [6.07, 6.45) is 0. The van der Waals surface area contributed by atoms with Gasteiger partial charge in [0.05, 0.1) is 16.3 Å². The number of hydrogen-bond donors (Lipinski definition) is 2. The first-order valence-corrected chi connectivity index (χ1v) is 11.9. The number of benzene rings is 2. The van der Waals surface area contributed by atoms with Crippen molar-refractivity contribution in [2.24, 2.45) is 0 Å². The van der Waals surface area contributed by atoms with E-state index in [4.69, 9.17) is 0 Å². The van der Waals surface area contributed by atoms with Crippen molar-refractivity contribution in [2.75, 3.05) is 36.0 Å². The summed E-state index contributed by atoms with van der Waals surface area (Å²) in [5.41, 5.74) is 3.95. The average molecular weight is 471 g/mol. The molecule has 1 fully saturated rings. The minimum absolute atomic E-state index is 0.258. The van der Waals surface area contributed by atoms with Crippen molar-refractivity contribution >= 4 is 23.1 Å². The zero-order chi connectivity index (χ0) is 23.3. The predicted octanol–water partition coefficient (Wildman–Crippen LogP) is 3.05. The Morgan fingerprint density at radius 3 is 2.41 bits per heavy atom. The number of aromatic amines is 2. The summed E-state index contributed by atoms with van der Waals surface area (Å²) in [4.78, 5) is 19.9. The van der Waals surface area contributed by atoms with Crippen LogP contribution in [0.25, 0.3) is 11.1 Å². The van der Waals surface area contributed by atoms with Gasteiger partial charge in [0, 0.05) is 49.2 Å². The van der Waals surface area contributed by atoms with Crippen LogP contribution in [0, 0.1) is 11.3 Å². The van der Waals surface area contributed by atoms with E-state index in [1.165, 1.54) is 23.5 Å². The number of thioether (sulfide) groups is 1. The number of tetrazole rings is 1. The van der Waals surface area contributed by atoms with E-state index in [0.29, 0.717) is 27.7 Å². The number of piperazine rings is 1. The smallest absolute Gasteiger partial charge is 0.249 e. The average Bonchev–Trinajstić information content (AvgIpc) is 3.42. The Morgan fingerprint density at radius 1 is 0.971 bits per heavy atom. The summed E-state index contributed by atoms with van der Waals surface area (Å²) in [6, 6.07) is 22.2. The lowest BCUT2D eigenvalue weighted by Crippen LogP contribution is -2.46. The van der Waals surface area contributed by atoms with Crippen molar-refractivity contribution in [2.45, 2.75) is 10.8 Å². The molecule has 0 aliphatic carbocycles. The largest absolute Gasteiger partial charge is 0.368 e. The molecule has 4 aromatic rings. The van der Waals surface area contributed by atoms with E-state index in [-0.39, 0.29) is 5.56 Å². The van der Waals surface area contributed by atoms with E-state index in [1.807, 2.05) is 18.2 Å². The van der Waals surface area contributed by atoms with Gasteiger partial charge >= 0.3 is 0 Å². The summed E-state index contributed by atoms with van der Waals surface area (Å²) in [5.74, 6) is 0.882. The van der Waals surface area contributed by atoms with E-state index in [0.717, 1.165) is 37.4 Å². The van der Waals surface area contributed by atoms with Crippen molar-refractivity contribution in [1.82, 2.24) is 25.6 Å². The van der Waals surface area contributed by atoms with Gasteiger partial charge in [-0.1, -0.05) is 47.3 Å². The quantitative estimate of drug-likeness (QED) is 0.413. The molecule has 0 bridgehead atoms. The van der Waals surface area contributed by atoms with Crippen LogP contribution in [0.1, 0.15) is 11.4 Å². The first kappa shape index (κ1) is 21.7. The van der Waals surface area contributed by atoms with Gasteiger partial charge in [-0.2, -0.15) is 10.5 Å². The summed E-state index contributed by atoms with van der Waals surface area (Å²) < 4.78 is 0. The number of H-pyrrole nitrogens is 2. The number of hydrogen-bond acceptors (Lipinski definition) is 8. The lowest BCUT2D eigenvalue weighted by molar-refractivity contribution is 0.653. The number of pyridine rings is 1. The second kappa shape index (κ2) is 9.80. The number of aromatic nitrogens is 5. The van der Waals surface area contributed by atoms with Crippen molar-refractivity contribution in [3.05, 3.63) is 82.4 Å². The van der Waals surface area contributed by atoms with Crippen LogP contribution in [0.3, 0.4) is 0 Å². The van der Waals surface area contributed by atoms with E-state index in [9.17, 15) is 10.1 Å². The van der Waals surface area contributed by atoms with E-state index in [1.54, 1.807) is 0 Å². The van der Waals surface area contributed by atoms with Gasteiger partial charge in [0.2, 0.25) is 5.56 Å². The van der Waals surface area contributed by atoms with Gasteiger partial charge in [0.15, 0.2) is 5.82 Å². The highest BCUT2D eigenvalue weighted by Crippen LogP contribution is 2.32. The third-order valence-corrected chi connectivity index (χ3v) is 6.78. The second-order valence-corrected chi connectivity index (χ2v) is 8.83. The highest BCUT2D eigenvalue weighted by molar-refractivity contribution is 7.98. The summed E-state index contributed by atoms with van der Waals surface area (Å²) in [5, 5.41) is 24.2. The van der Waals surface area contributed by atoms with E-state index < -0.39 is 0 Å². The molecule has 34 heavy (non-hydrogen) atoms. The minimum atomic E-state index is -0.258. The fraction of sp³-hybridized carbons (Fsp3) is 0.208. The summed E-state index contributed by atoms with van der Waals surface area (Å²) in [7, 11) is 0. The molecule has 1 aliphatic heterocycles.